The molecule has 0 radical (unpaired) electrons. The van der Waals surface area contributed by atoms with Crippen molar-refractivity contribution in [2.24, 2.45) is 0 Å². The Balaban J connectivity index is 2.10. The number of carbonyl (C=O) groups is 1. The van der Waals surface area contributed by atoms with Crippen molar-refractivity contribution >= 4 is 5.91 Å². The Hall–Kier alpha value is -1.66. The van der Waals surface area contributed by atoms with Gasteiger partial charge in [-0.05, 0) is 25.5 Å². The van der Waals surface area contributed by atoms with Crippen LogP contribution in [-0.2, 0) is 4.74 Å². The minimum Gasteiger partial charge on any atom is -0.386 e. The zero-order chi connectivity index (χ0) is 14.0. The van der Waals surface area contributed by atoms with E-state index in [9.17, 15) is 14.7 Å². The van der Waals surface area contributed by atoms with E-state index in [4.69, 9.17) is 4.74 Å². The number of aliphatic hydroxyl groups is 1. The van der Waals surface area contributed by atoms with Crippen molar-refractivity contribution in [3.8, 4) is 0 Å². The van der Waals surface area contributed by atoms with Crippen LogP contribution in [0.1, 0.15) is 28.0 Å². The highest BCUT2D eigenvalue weighted by atomic mass is 16.5. The minimum absolute atomic E-state index is 0.0819. The largest absolute Gasteiger partial charge is 0.386 e. The van der Waals surface area contributed by atoms with Gasteiger partial charge in [0.25, 0.3) is 11.5 Å². The SMILES string of the molecule is Cc1cc(C)c(C(=O)NCC2(O)CCOC2)c(=O)[nH]1. The van der Waals surface area contributed by atoms with Gasteiger partial charge in [-0.3, -0.25) is 9.59 Å². The third-order valence-corrected chi connectivity index (χ3v) is 3.25. The highest BCUT2D eigenvalue weighted by molar-refractivity contribution is 5.95. The quantitative estimate of drug-likeness (QED) is 0.711. The van der Waals surface area contributed by atoms with E-state index in [2.05, 4.69) is 10.3 Å². The lowest BCUT2D eigenvalue weighted by Crippen LogP contribution is -2.44. The molecule has 1 unspecified atom stereocenters. The van der Waals surface area contributed by atoms with Crippen molar-refractivity contribution in [1.82, 2.24) is 10.3 Å². The molecule has 1 aromatic heterocycles. The van der Waals surface area contributed by atoms with Gasteiger partial charge in [-0.15, -0.1) is 0 Å². The number of amides is 1. The van der Waals surface area contributed by atoms with E-state index in [1.807, 2.05) is 0 Å². The smallest absolute Gasteiger partial charge is 0.261 e. The molecule has 19 heavy (non-hydrogen) atoms. The second-order valence-corrected chi connectivity index (χ2v) is 5.05. The number of pyridine rings is 1. The third-order valence-electron chi connectivity index (χ3n) is 3.25. The fraction of sp³-hybridized carbons (Fsp3) is 0.538. The van der Waals surface area contributed by atoms with Gasteiger partial charge in [0, 0.05) is 25.3 Å². The van der Waals surface area contributed by atoms with Crippen LogP contribution in [0.3, 0.4) is 0 Å². The summed E-state index contributed by atoms with van der Waals surface area (Å²) in [5.41, 5.74) is -0.0193. The number of aromatic nitrogens is 1. The van der Waals surface area contributed by atoms with Gasteiger partial charge in [-0.1, -0.05) is 0 Å². The number of hydrogen-bond donors (Lipinski definition) is 3. The summed E-state index contributed by atoms with van der Waals surface area (Å²) < 4.78 is 5.09. The lowest BCUT2D eigenvalue weighted by molar-refractivity contribution is 0.0264. The summed E-state index contributed by atoms with van der Waals surface area (Å²) in [7, 11) is 0. The van der Waals surface area contributed by atoms with Crippen LogP contribution in [0, 0.1) is 13.8 Å². The van der Waals surface area contributed by atoms with E-state index in [-0.39, 0.29) is 18.7 Å². The Kier molecular flexibility index (Phi) is 3.73. The van der Waals surface area contributed by atoms with E-state index in [1.54, 1.807) is 19.9 Å². The average Bonchev–Trinajstić information content (AvgIpc) is 2.73. The van der Waals surface area contributed by atoms with Crippen LogP contribution in [0.2, 0.25) is 0 Å². The number of nitrogens with one attached hydrogen (secondary N) is 2. The molecule has 1 atom stereocenters. The predicted molar refractivity (Wildman–Crippen MR) is 69.3 cm³/mol. The van der Waals surface area contributed by atoms with Gasteiger partial charge in [0.05, 0.1) is 6.61 Å². The summed E-state index contributed by atoms with van der Waals surface area (Å²) in [6.45, 7) is 4.24. The standard InChI is InChI=1S/C13H18N2O4/c1-8-5-9(2)15-12(17)10(8)11(16)14-6-13(18)3-4-19-7-13/h5,18H,3-4,6-7H2,1-2H3,(H,14,16)(H,15,17). The normalized spacial score (nSPS) is 22.5. The Labute approximate surface area is 110 Å². The molecule has 1 saturated heterocycles. The first-order valence-electron chi connectivity index (χ1n) is 6.20. The molecule has 0 saturated carbocycles. The lowest BCUT2D eigenvalue weighted by Gasteiger charge is -2.20. The first kappa shape index (κ1) is 13.8. The van der Waals surface area contributed by atoms with Crippen LogP contribution in [0.25, 0.3) is 0 Å². The molecule has 0 bridgehead atoms. The number of rotatable bonds is 3. The van der Waals surface area contributed by atoms with Gasteiger partial charge in [0.1, 0.15) is 11.2 Å². The topological polar surface area (TPSA) is 91.4 Å². The summed E-state index contributed by atoms with van der Waals surface area (Å²) in [6, 6.07) is 1.74. The fourth-order valence-electron chi connectivity index (χ4n) is 2.20. The minimum atomic E-state index is -1.03. The molecule has 2 heterocycles. The van der Waals surface area contributed by atoms with Crippen molar-refractivity contribution in [2.75, 3.05) is 19.8 Å². The number of carbonyl (C=O) groups excluding carboxylic acids is 1. The van der Waals surface area contributed by atoms with Crippen LogP contribution in [0.5, 0.6) is 0 Å². The van der Waals surface area contributed by atoms with E-state index in [0.29, 0.717) is 24.3 Å². The van der Waals surface area contributed by atoms with Gasteiger partial charge < -0.3 is 20.1 Å². The second kappa shape index (κ2) is 5.14. The summed E-state index contributed by atoms with van der Waals surface area (Å²) in [6.07, 6.45) is 0.483. The second-order valence-electron chi connectivity index (χ2n) is 5.05. The number of aromatic amines is 1. The molecule has 0 aromatic carbocycles. The molecular formula is C13H18N2O4. The summed E-state index contributed by atoms with van der Waals surface area (Å²) >= 11 is 0. The molecule has 1 aromatic rings. The van der Waals surface area contributed by atoms with Gasteiger partial charge in [0.2, 0.25) is 0 Å². The first-order chi connectivity index (χ1) is 8.91. The van der Waals surface area contributed by atoms with Crippen molar-refractivity contribution in [3.63, 3.8) is 0 Å². The Bertz CT molecular complexity index is 544. The molecule has 1 aliphatic rings. The fourth-order valence-corrected chi connectivity index (χ4v) is 2.20. The number of aryl methyl sites for hydroxylation is 2. The third kappa shape index (κ3) is 3.02. The van der Waals surface area contributed by atoms with Crippen LogP contribution < -0.4 is 10.9 Å². The molecule has 0 spiro atoms. The molecule has 1 aliphatic heterocycles. The molecule has 0 aliphatic carbocycles. The number of H-pyrrole nitrogens is 1. The molecule has 1 amide bonds. The van der Waals surface area contributed by atoms with Gasteiger partial charge in [0.15, 0.2) is 0 Å². The van der Waals surface area contributed by atoms with Crippen LogP contribution in [0.15, 0.2) is 10.9 Å². The molecule has 2 rings (SSSR count). The molecule has 104 valence electrons. The Morgan fingerprint density at radius 1 is 1.58 bits per heavy atom. The maximum Gasteiger partial charge on any atom is 0.261 e. The Morgan fingerprint density at radius 2 is 2.32 bits per heavy atom. The monoisotopic (exact) mass is 266 g/mol. The van der Waals surface area contributed by atoms with Crippen molar-refractivity contribution in [2.45, 2.75) is 25.9 Å². The van der Waals surface area contributed by atoms with E-state index >= 15 is 0 Å². The van der Waals surface area contributed by atoms with Crippen LogP contribution in [-0.4, -0.2) is 41.4 Å². The lowest BCUT2D eigenvalue weighted by atomic mass is 10.0. The number of ether oxygens (including phenoxy) is 1. The molecule has 1 fully saturated rings. The average molecular weight is 266 g/mol. The molecule has 6 nitrogen and oxygen atoms in total. The zero-order valence-corrected chi connectivity index (χ0v) is 11.1. The van der Waals surface area contributed by atoms with Crippen molar-refractivity contribution < 1.29 is 14.6 Å². The highest BCUT2D eigenvalue weighted by Gasteiger charge is 2.32. The molecule has 6 heteroatoms. The van der Waals surface area contributed by atoms with E-state index in [1.165, 1.54) is 0 Å². The van der Waals surface area contributed by atoms with Gasteiger partial charge in [-0.2, -0.15) is 0 Å². The Morgan fingerprint density at radius 3 is 2.89 bits per heavy atom. The summed E-state index contributed by atoms with van der Waals surface area (Å²) in [4.78, 5) is 26.4. The van der Waals surface area contributed by atoms with E-state index in [0.717, 1.165) is 0 Å². The highest BCUT2D eigenvalue weighted by Crippen LogP contribution is 2.17. The van der Waals surface area contributed by atoms with Crippen LogP contribution >= 0.6 is 0 Å². The van der Waals surface area contributed by atoms with Crippen LogP contribution in [0.4, 0.5) is 0 Å². The van der Waals surface area contributed by atoms with E-state index < -0.39 is 17.1 Å². The maximum absolute atomic E-state index is 12.0. The summed E-state index contributed by atoms with van der Waals surface area (Å²) in [5, 5.41) is 12.6. The van der Waals surface area contributed by atoms with Gasteiger partial charge in [-0.25, -0.2) is 0 Å². The number of hydrogen-bond acceptors (Lipinski definition) is 4. The predicted octanol–water partition coefficient (Wildman–Crippen LogP) is -0.127. The van der Waals surface area contributed by atoms with Gasteiger partial charge >= 0.3 is 0 Å². The molecule has 3 N–H and O–H groups in total. The molecular weight excluding hydrogens is 248 g/mol. The zero-order valence-electron chi connectivity index (χ0n) is 11.1. The van der Waals surface area contributed by atoms with Crippen molar-refractivity contribution in [1.29, 1.82) is 0 Å². The maximum atomic E-state index is 12.0. The summed E-state index contributed by atoms with van der Waals surface area (Å²) in [5.74, 6) is -0.473. The van der Waals surface area contributed by atoms with Crippen molar-refractivity contribution in [3.05, 3.63) is 33.2 Å². The first-order valence-corrected chi connectivity index (χ1v) is 6.20.